The molecule has 0 aliphatic rings. The van der Waals surface area contributed by atoms with E-state index in [0.29, 0.717) is 5.69 Å². The third-order valence-corrected chi connectivity index (χ3v) is 3.60. The van der Waals surface area contributed by atoms with Crippen LogP contribution in [0.1, 0.15) is 16.1 Å². The van der Waals surface area contributed by atoms with E-state index in [1.54, 1.807) is 17.4 Å². The summed E-state index contributed by atoms with van der Waals surface area (Å²) in [6, 6.07) is 5.17. The quantitative estimate of drug-likeness (QED) is 0.638. The monoisotopic (exact) mass is 257 g/mol. The fourth-order valence-corrected chi connectivity index (χ4v) is 2.41. The van der Waals surface area contributed by atoms with Crippen LogP contribution >= 0.6 is 11.3 Å². The molecule has 0 aliphatic carbocycles. The molecule has 16 heavy (non-hydrogen) atoms. The van der Waals surface area contributed by atoms with Crippen molar-refractivity contribution in [3.63, 3.8) is 0 Å². The Morgan fingerprint density at radius 1 is 1.19 bits per heavy atom. The molecule has 0 aliphatic heterocycles. The van der Waals surface area contributed by atoms with Gasteiger partial charge in [-0.25, -0.2) is 0 Å². The fraction of sp³-hybridized carbons (Fsp3) is 0.250. The van der Waals surface area contributed by atoms with E-state index in [9.17, 15) is 4.39 Å². The smallest absolute Gasteiger partial charge is 0.250 e. The van der Waals surface area contributed by atoms with E-state index in [-0.39, 0.29) is 18.2 Å². The first-order valence-corrected chi connectivity index (χ1v) is 5.71. The molecule has 4 heteroatoms. The van der Waals surface area contributed by atoms with Crippen LogP contribution in [-0.2, 0) is 0 Å². The minimum atomic E-state index is -0.166. The van der Waals surface area contributed by atoms with E-state index in [4.69, 9.17) is 0 Å². The molecule has 0 fully saturated rings. The number of thiazole rings is 1. The lowest BCUT2D eigenvalue weighted by atomic mass is 10.2. The van der Waals surface area contributed by atoms with Crippen molar-refractivity contribution >= 4 is 11.3 Å². The van der Waals surface area contributed by atoms with E-state index in [2.05, 4.69) is 0 Å². The van der Waals surface area contributed by atoms with Gasteiger partial charge in [0.15, 0.2) is 11.5 Å². The molecule has 1 aromatic carbocycles. The van der Waals surface area contributed by atoms with Crippen molar-refractivity contribution in [1.29, 1.82) is 0 Å². The van der Waals surface area contributed by atoms with Crippen molar-refractivity contribution in [3.8, 4) is 5.69 Å². The standard InChI is InChI=1S/C12H13FNS.ClH/c1-8-5-4-6-11(13)12(8)14-7-15-10(3)9(14)2;/h4-7H,1-3H3;1H/q+1;/p-1. The lowest BCUT2D eigenvalue weighted by Gasteiger charge is -2.00. The van der Waals surface area contributed by atoms with Crippen LogP contribution in [0.3, 0.4) is 0 Å². The van der Waals surface area contributed by atoms with Gasteiger partial charge in [-0.3, -0.25) is 0 Å². The van der Waals surface area contributed by atoms with Crippen LogP contribution in [0.15, 0.2) is 23.7 Å². The lowest BCUT2D eigenvalue weighted by molar-refractivity contribution is -0.599. The Morgan fingerprint density at radius 3 is 2.38 bits per heavy atom. The van der Waals surface area contributed by atoms with Gasteiger partial charge in [-0.15, -0.1) is 0 Å². The highest BCUT2D eigenvalue weighted by Crippen LogP contribution is 2.17. The summed E-state index contributed by atoms with van der Waals surface area (Å²) >= 11 is 1.64. The number of nitrogens with zero attached hydrogens (tertiary/aromatic N) is 1. The highest BCUT2D eigenvalue weighted by atomic mass is 35.5. The number of benzene rings is 1. The van der Waals surface area contributed by atoms with E-state index in [1.165, 1.54) is 10.9 Å². The minimum absolute atomic E-state index is 0. The predicted molar refractivity (Wildman–Crippen MR) is 60.0 cm³/mol. The molecule has 1 aromatic heterocycles. The summed E-state index contributed by atoms with van der Waals surface area (Å²) in [6.07, 6.45) is 0. The van der Waals surface area contributed by atoms with Gasteiger partial charge in [-0.2, -0.15) is 8.96 Å². The number of aromatic nitrogens is 1. The van der Waals surface area contributed by atoms with E-state index in [1.807, 2.05) is 36.9 Å². The topological polar surface area (TPSA) is 3.88 Å². The van der Waals surface area contributed by atoms with Crippen molar-refractivity contribution in [3.05, 3.63) is 45.7 Å². The molecule has 0 amide bonds. The first kappa shape index (κ1) is 13.1. The van der Waals surface area contributed by atoms with Crippen LogP contribution in [0, 0.1) is 26.6 Å². The maximum Gasteiger partial charge on any atom is 0.250 e. The highest BCUT2D eigenvalue weighted by molar-refractivity contribution is 7.09. The van der Waals surface area contributed by atoms with Crippen LogP contribution in [0.4, 0.5) is 4.39 Å². The van der Waals surface area contributed by atoms with Crippen molar-refractivity contribution in [2.75, 3.05) is 0 Å². The molecule has 1 heterocycles. The molecule has 0 saturated heterocycles. The second kappa shape index (κ2) is 4.93. The average molecular weight is 258 g/mol. The maximum absolute atomic E-state index is 13.7. The van der Waals surface area contributed by atoms with Crippen molar-refractivity contribution in [2.45, 2.75) is 20.8 Å². The van der Waals surface area contributed by atoms with Gasteiger partial charge in [0, 0.05) is 12.5 Å². The first-order chi connectivity index (χ1) is 7.11. The van der Waals surface area contributed by atoms with E-state index < -0.39 is 0 Å². The normalized spacial score (nSPS) is 10.0. The van der Waals surface area contributed by atoms with Crippen LogP contribution in [0.25, 0.3) is 5.69 Å². The largest absolute Gasteiger partial charge is 1.00 e. The van der Waals surface area contributed by atoms with Gasteiger partial charge in [0.1, 0.15) is 0 Å². The lowest BCUT2D eigenvalue weighted by Crippen LogP contribution is -3.00. The molecular formula is C12H13ClFNS. The van der Waals surface area contributed by atoms with Crippen molar-refractivity contribution in [1.82, 2.24) is 0 Å². The zero-order chi connectivity index (χ0) is 11.0. The number of para-hydroxylation sites is 1. The van der Waals surface area contributed by atoms with Gasteiger partial charge in [0.2, 0.25) is 11.2 Å². The summed E-state index contributed by atoms with van der Waals surface area (Å²) in [6.45, 7) is 5.99. The van der Waals surface area contributed by atoms with Gasteiger partial charge in [-0.1, -0.05) is 23.5 Å². The summed E-state index contributed by atoms with van der Waals surface area (Å²) in [4.78, 5) is 1.22. The van der Waals surface area contributed by atoms with E-state index >= 15 is 0 Å². The number of aryl methyl sites for hydroxylation is 2. The predicted octanol–water partition coefficient (Wildman–Crippen LogP) is 0.0932. The first-order valence-electron chi connectivity index (χ1n) is 4.83. The Morgan fingerprint density at radius 2 is 1.88 bits per heavy atom. The number of hydrogen-bond acceptors (Lipinski definition) is 1. The molecule has 0 N–H and O–H groups in total. The Kier molecular flexibility index (Phi) is 4.05. The van der Waals surface area contributed by atoms with E-state index in [0.717, 1.165) is 11.3 Å². The third-order valence-electron chi connectivity index (χ3n) is 2.64. The van der Waals surface area contributed by atoms with Crippen molar-refractivity contribution < 1.29 is 21.4 Å². The highest BCUT2D eigenvalue weighted by Gasteiger charge is 2.21. The number of rotatable bonds is 1. The Hall–Kier alpha value is -0.930. The third kappa shape index (κ3) is 2.11. The van der Waals surface area contributed by atoms with Crippen LogP contribution in [0.2, 0.25) is 0 Å². The van der Waals surface area contributed by atoms with Gasteiger partial charge < -0.3 is 12.4 Å². The Balaban J connectivity index is 0.00000128. The molecule has 0 saturated carbocycles. The molecule has 0 spiro atoms. The second-order valence-electron chi connectivity index (χ2n) is 3.64. The summed E-state index contributed by atoms with van der Waals surface area (Å²) < 4.78 is 15.6. The summed E-state index contributed by atoms with van der Waals surface area (Å²) in [5.41, 5.74) is 4.68. The zero-order valence-corrected chi connectivity index (χ0v) is 11.0. The average Bonchev–Trinajstić information content (AvgIpc) is 2.49. The fourth-order valence-electron chi connectivity index (χ4n) is 1.61. The Labute approximate surface area is 105 Å². The summed E-state index contributed by atoms with van der Waals surface area (Å²) in [5, 5.41) is 0. The molecule has 86 valence electrons. The Bertz CT molecular complexity index is 487. The number of hydrogen-bond donors (Lipinski definition) is 0. The molecule has 2 aromatic rings. The minimum Gasteiger partial charge on any atom is -1.00 e. The molecule has 1 nitrogen and oxygen atoms in total. The molecule has 0 radical (unpaired) electrons. The summed E-state index contributed by atoms with van der Waals surface area (Å²) in [5.74, 6) is -0.166. The molecule has 0 unspecified atom stereocenters. The molecule has 0 atom stereocenters. The van der Waals surface area contributed by atoms with Crippen LogP contribution in [0.5, 0.6) is 0 Å². The molecule has 2 rings (SSSR count). The van der Waals surface area contributed by atoms with Crippen LogP contribution < -0.4 is 17.0 Å². The molecule has 0 bridgehead atoms. The second-order valence-corrected chi connectivity index (χ2v) is 4.70. The van der Waals surface area contributed by atoms with Crippen LogP contribution in [-0.4, -0.2) is 0 Å². The van der Waals surface area contributed by atoms with Gasteiger partial charge in [-0.05, 0) is 19.9 Å². The summed E-state index contributed by atoms with van der Waals surface area (Å²) in [7, 11) is 0. The maximum atomic E-state index is 13.7. The van der Waals surface area contributed by atoms with Gasteiger partial charge in [0.05, 0.1) is 4.88 Å². The zero-order valence-electron chi connectivity index (χ0n) is 9.42. The SMILES string of the molecule is Cc1cccc(F)c1-[n+]1csc(C)c1C.[Cl-]. The van der Waals surface area contributed by atoms with Gasteiger partial charge >= 0.3 is 0 Å². The van der Waals surface area contributed by atoms with Crippen molar-refractivity contribution in [2.24, 2.45) is 0 Å². The number of halogens is 2. The molecular weight excluding hydrogens is 245 g/mol. The van der Waals surface area contributed by atoms with Gasteiger partial charge in [0.25, 0.3) is 0 Å².